The van der Waals surface area contributed by atoms with E-state index in [4.69, 9.17) is 5.73 Å². The molecule has 0 bridgehead atoms. The maximum atomic E-state index is 14.5. The van der Waals surface area contributed by atoms with Gasteiger partial charge in [0.05, 0.1) is 5.69 Å². The number of guanidine groups is 1. The van der Waals surface area contributed by atoms with Crippen LogP contribution in [0.5, 0.6) is 0 Å². The van der Waals surface area contributed by atoms with Crippen molar-refractivity contribution in [2.45, 2.75) is 26.1 Å². The van der Waals surface area contributed by atoms with Gasteiger partial charge in [-0.25, -0.2) is 14.2 Å². The highest BCUT2D eigenvalue weighted by Crippen LogP contribution is 2.40. The largest absolute Gasteiger partial charge is 0.368 e. The number of hydrogen-bond donors (Lipinski definition) is 1. The summed E-state index contributed by atoms with van der Waals surface area (Å²) in [6.07, 6.45) is -0.781. The van der Waals surface area contributed by atoms with E-state index < -0.39 is 42.4 Å². The fourth-order valence-corrected chi connectivity index (χ4v) is 3.84. The summed E-state index contributed by atoms with van der Waals surface area (Å²) in [5.41, 5.74) is 6.93. The van der Waals surface area contributed by atoms with Crippen molar-refractivity contribution in [2.24, 2.45) is 10.7 Å². The van der Waals surface area contributed by atoms with Crippen LogP contribution in [0.15, 0.2) is 40.7 Å². The molecule has 1 saturated heterocycles. The summed E-state index contributed by atoms with van der Waals surface area (Å²) < 4.78 is 14.5. The second kappa shape index (κ2) is 6.04. The molecule has 28 heavy (non-hydrogen) atoms. The minimum atomic E-state index is -0.844. The number of anilines is 1. The van der Waals surface area contributed by atoms with Crippen molar-refractivity contribution >= 4 is 29.5 Å². The summed E-state index contributed by atoms with van der Waals surface area (Å²) in [5, 5.41) is 0. The Bertz CT molecular complexity index is 974. The zero-order valence-corrected chi connectivity index (χ0v) is 15.6. The van der Waals surface area contributed by atoms with Crippen molar-refractivity contribution in [3.8, 4) is 0 Å². The normalized spacial score (nSPS) is 24.1. The number of allylic oxidation sites excluding steroid dienone is 2. The van der Waals surface area contributed by atoms with Crippen LogP contribution >= 0.6 is 0 Å². The standard InChI is InChI=1S/C18H19FN6O3/c1-9-10(2)25-14-15(22(3)18(28)23(16(14)27)8-13(20)26)21-17(25)24(9)12-7-5-4-6-11(12)19/h4-7,14-15H,8H2,1-3H3,(H2,20,26). The van der Waals surface area contributed by atoms with Crippen LogP contribution in [0, 0.1) is 5.82 Å². The first-order valence-electron chi connectivity index (χ1n) is 8.69. The Kier molecular flexibility index (Phi) is 3.88. The van der Waals surface area contributed by atoms with Gasteiger partial charge in [-0.1, -0.05) is 12.1 Å². The third-order valence-corrected chi connectivity index (χ3v) is 5.30. The maximum absolute atomic E-state index is 14.5. The van der Waals surface area contributed by atoms with Gasteiger partial charge < -0.3 is 10.6 Å². The Hall–Kier alpha value is -3.43. The number of nitrogens with zero attached hydrogens (tertiary/aromatic N) is 5. The lowest BCUT2D eigenvalue weighted by atomic mass is 10.1. The molecular formula is C18H19FN6O3. The van der Waals surface area contributed by atoms with E-state index in [-0.39, 0.29) is 0 Å². The predicted octanol–water partition coefficient (Wildman–Crippen LogP) is 0.643. The van der Waals surface area contributed by atoms with E-state index in [2.05, 4.69) is 4.99 Å². The van der Waals surface area contributed by atoms with Crippen molar-refractivity contribution in [3.05, 3.63) is 41.5 Å². The number of nitrogens with two attached hydrogens (primary N) is 1. The zero-order valence-electron chi connectivity index (χ0n) is 15.6. The molecule has 2 atom stereocenters. The van der Waals surface area contributed by atoms with E-state index in [1.54, 1.807) is 41.8 Å². The van der Waals surface area contributed by atoms with Gasteiger partial charge in [0.2, 0.25) is 11.9 Å². The van der Waals surface area contributed by atoms with Crippen LogP contribution < -0.4 is 10.6 Å². The summed E-state index contributed by atoms with van der Waals surface area (Å²) in [6, 6.07) is 4.78. The molecule has 2 unspecified atom stereocenters. The minimum Gasteiger partial charge on any atom is -0.368 e. The summed E-state index contributed by atoms with van der Waals surface area (Å²) in [5.74, 6) is -1.41. The number of carbonyl (C=O) groups excluding carboxylic acids is 3. The number of aliphatic imine (C=N–C) groups is 1. The lowest BCUT2D eigenvalue weighted by Crippen LogP contribution is -2.65. The smallest absolute Gasteiger partial charge is 0.328 e. The van der Waals surface area contributed by atoms with Crippen LogP contribution in [-0.2, 0) is 9.59 Å². The van der Waals surface area contributed by atoms with Gasteiger partial charge in [0, 0.05) is 18.4 Å². The molecular weight excluding hydrogens is 367 g/mol. The topological polar surface area (TPSA) is 103 Å². The number of amides is 4. The molecule has 0 radical (unpaired) electrons. The average molecular weight is 386 g/mol. The first-order chi connectivity index (χ1) is 13.2. The zero-order chi connectivity index (χ0) is 20.3. The Balaban J connectivity index is 1.79. The maximum Gasteiger partial charge on any atom is 0.328 e. The van der Waals surface area contributed by atoms with E-state index in [1.165, 1.54) is 18.0 Å². The Labute approximate surface area is 160 Å². The van der Waals surface area contributed by atoms with Crippen LogP contribution in [0.1, 0.15) is 13.8 Å². The molecule has 0 spiro atoms. The molecule has 1 fully saturated rings. The van der Waals surface area contributed by atoms with E-state index in [0.29, 0.717) is 17.3 Å². The Morgan fingerprint density at radius 1 is 1.21 bits per heavy atom. The molecule has 0 aromatic heterocycles. The molecule has 4 rings (SSSR count). The van der Waals surface area contributed by atoms with Gasteiger partial charge in [0.25, 0.3) is 5.91 Å². The molecule has 4 amide bonds. The highest BCUT2D eigenvalue weighted by atomic mass is 19.1. The molecule has 0 aliphatic carbocycles. The number of primary amides is 1. The molecule has 3 aliphatic heterocycles. The SMILES string of the molecule is CC1=C(C)N2C(=NC3C2C(=O)N(CC(N)=O)C(=O)N3C)N1c1ccccc1F. The number of para-hydroxylation sites is 1. The van der Waals surface area contributed by atoms with Gasteiger partial charge in [-0.15, -0.1) is 0 Å². The molecule has 9 nitrogen and oxygen atoms in total. The van der Waals surface area contributed by atoms with Gasteiger partial charge in [-0.2, -0.15) is 0 Å². The molecule has 2 N–H and O–H groups in total. The van der Waals surface area contributed by atoms with Crippen LogP contribution in [0.4, 0.5) is 14.9 Å². The number of rotatable bonds is 3. The minimum absolute atomic E-state index is 0.301. The number of fused-ring (bicyclic) bond motifs is 3. The Morgan fingerprint density at radius 3 is 2.54 bits per heavy atom. The number of benzene rings is 1. The van der Waals surface area contributed by atoms with E-state index >= 15 is 0 Å². The van der Waals surface area contributed by atoms with Crippen LogP contribution in [0.2, 0.25) is 0 Å². The van der Waals surface area contributed by atoms with Gasteiger partial charge in [0.15, 0.2) is 12.2 Å². The van der Waals surface area contributed by atoms with E-state index in [9.17, 15) is 18.8 Å². The summed E-state index contributed by atoms with van der Waals surface area (Å²) in [4.78, 5) is 46.9. The first-order valence-corrected chi connectivity index (χ1v) is 8.69. The fourth-order valence-electron chi connectivity index (χ4n) is 3.84. The Morgan fingerprint density at radius 2 is 1.89 bits per heavy atom. The van der Waals surface area contributed by atoms with E-state index in [0.717, 1.165) is 10.6 Å². The quantitative estimate of drug-likeness (QED) is 0.821. The average Bonchev–Trinajstić information content (AvgIpc) is 3.14. The lowest BCUT2D eigenvalue weighted by molar-refractivity contribution is -0.139. The number of halogens is 1. The van der Waals surface area contributed by atoms with Crippen molar-refractivity contribution in [1.82, 2.24) is 14.7 Å². The number of likely N-dealkylation sites (N-methyl/N-ethyl adjacent to an activating group) is 1. The lowest BCUT2D eigenvalue weighted by Gasteiger charge is -2.40. The van der Waals surface area contributed by atoms with Crippen LogP contribution in [-0.4, -0.2) is 64.3 Å². The van der Waals surface area contributed by atoms with Gasteiger partial charge in [-0.05, 0) is 26.0 Å². The third kappa shape index (κ3) is 2.30. The summed E-state index contributed by atoms with van der Waals surface area (Å²) >= 11 is 0. The van der Waals surface area contributed by atoms with Crippen LogP contribution in [0.3, 0.4) is 0 Å². The number of imide groups is 1. The summed E-state index contributed by atoms with van der Waals surface area (Å²) in [6.45, 7) is 3.10. The second-order valence-corrected chi connectivity index (χ2v) is 6.90. The van der Waals surface area contributed by atoms with Crippen LogP contribution in [0.25, 0.3) is 0 Å². The monoisotopic (exact) mass is 386 g/mol. The molecule has 0 saturated carbocycles. The van der Waals surface area contributed by atoms with Crippen molar-refractivity contribution in [2.75, 3.05) is 18.5 Å². The molecule has 1 aromatic carbocycles. The van der Waals surface area contributed by atoms with Gasteiger partial charge in [-0.3, -0.25) is 24.3 Å². The van der Waals surface area contributed by atoms with Crippen molar-refractivity contribution in [3.63, 3.8) is 0 Å². The number of urea groups is 1. The predicted molar refractivity (Wildman–Crippen MR) is 98.2 cm³/mol. The second-order valence-electron chi connectivity index (χ2n) is 6.90. The third-order valence-electron chi connectivity index (χ3n) is 5.30. The molecule has 3 heterocycles. The fraction of sp³-hybridized carbons (Fsp3) is 0.333. The van der Waals surface area contributed by atoms with Crippen molar-refractivity contribution in [1.29, 1.82) is 0 Å². The molecule has 3 aliphatic rings. The molecule has 10 heteroatoms. The van der Waals surface area contributed by atoms with Gasteiger partial charge in [0.1, 0.15) is 12.4 Å². The van der Waals surface area contributed by atoms with Gasteiger partial charge >= 0.3 is 6.03 Å². The molecule has 1 aromatic rings. The summed E-state index contributed by atoms with van der Waals surface area (Å²) in [7, 11) is 1.51. The highest BCUT2D eigenvalue weighted by molar-refractivity contribution is 6.11. The molecule has 146 valence electrons. The van der Waals surface area contributed by atoms with Crippen molar-refractivity contribution < 1.29 is 18.8 Å². The first kappa shape index (κ1) is 18.0. The number of carbonyl (C=O) groups is 3. The number of hydrogen-bond acceptors (Lipinski definition) is 6. The van der Waals surface area contributed by atoms with E-state index in [1.807, 2.05) is 0 Å². The highest BCUT2D eigenvalue weighted by Gasteiger charge is 2.56.